The summed E-state index contributed by atoms with van der Waals surface area (Å²) < 4.78 is 1.85. The van der Waals surface area contributed by atoms with E-state index in [1.807, 2.05) is 29.9 Å². The summed E-state index contributed by atoms with van der Waals surface area (Å²) in [7, 11) is 3.62. The predicted molar refractivity (Wildman–Crippen MR) is 126 cm³/mol. The van der Waals surface area contributed by atoms with E-state index in [1.165, 1.54) is 0 Å². The van der Waals surface area contributed by atoms with Gasteiger partial charge in [-0.05, 0) is 31.5 Å². The summed E-state index contributed by atoms with van der Waals surface area (Å²) in [4.78, 5) is 11.0. The molecule has 0 aliphatic heterocycles. The Morgan fingerprint density at radius 1 is 1.19 bits per heavy atom. The first-order valence-electron chi connectivity index (χ1n) is 8.64. The second-order valence-corrected chi connectivity index (χ2v) is 6.57. The minimum atomic E-state index is 0. The number of aliphatic imine (C=N–C) groups is 1. The zero-order valence-electron chi connectivity index (χ0n) is 16.1. The van der Waals surface area contributed by atoms with Crippen LogP contribution in [0.1, 0.15) is 25.1 Å². The molecule has 0 atom stereocenters. The molecule has 0 aliphatic carbocycles. The highest BCUT2D eigenvalue weighted by Crippen LogP contribution is 2.24. The third-order valence-corrected chi connectivity index (χ3v) is 5.07. The fraction of sp³-hybridized carbons (Fsp3) is 0.444. The van der Waals surface area contributed by atoms with Crippen LogP contribution in [0.5, 0.6) is 0 Å². The van der Waals surface area contributed by atoms with Crippen LogP contribution >= 0.6 is 47.2 Å². The predicted octanol–water partition coefficient (Wildman–Crippen LogP) is 4.06. The summed E-state index contributed by atoms with van der Waals surface area (Å²) in [5.41, 5.74) is 2.07. The zero-order valence-corrected chi connectivity index (χ0v) is 19.9. The van der Waals surface area contributed by atoms with E-state index in [1.54, 1.807) is 7.05 Å². The smallest absolute Gasteiger partial charge is 0.191 e. The van der Waals surface area contributed by atoms with Gasteiger partial charge in [0, 0.05) is 45.6 Å². The van der Waals surface area contributed by atoms with Gasteiger partial charge in [-0.3, -0.25) is 4.99 Å². The molecule has 6 nitrogen and oxygen atoms in total. The minimum Gasteiger partial charge on any atom is -0.357 e. The normalized spacial score (nSPS) is 11.1. The molecule has 0 saturated heterocycles. The molecule has 150 valence electrons. The van der Waals surface area contributed by atoms with Gasteiger partial charge in [-0.1, -0.05) is 29.3 Å². The van der Waals surface area contributed by atoms with Crippen molar-refractivity contribution in [2.75, 3.05) is 25.0 Å². The molecular weight excluding hydrogens is 498 g/mol. The van der Waals surface area contributed by atoms with Gasteiger partial charge in [0.15, 0.2) is 5.96 Å². The number of halogens is 3. The van der Waals surface area contributed by atoms with Crippen LogP contribution < -0.4 is 15.5 Å². The Hall–Kier alpha value is -1.19. The van der Waals surface area contributed by atoms with E-state index in [2.05, 4.69) is 45.4 Å². The molecule has 2 aromatic heterocycles. The first-order chi connectivity index (χ1) is 12.5. The highest BCUT2D eigenvalue weighted by atomic mass is 127. The van der Waals surface area contributed by atoms with Crippen LogP contribution in [0.15, 0.2) is 29.4 Å². The quantitative estimate of drug-likeness (QED) is 0.326. The third kappa shape index (κ3) is 6.43. The molecule has 2 N–H and O–H groups in total. The zero-order chi connectivity index (χ0) is 19.1. The molecule has 0 bridgehead atoms. The molecule has 2 heterocycles. The maximum Gasteiger partial charge on any atom is 0.191 e. The second kappa shape index (κ2) is 11.6. The Bertz CT molecular complexity index is 741. The number of guanidine groups is 1. The average Bonchev–Trinajstić information content (AvgIpc) is 2.91. The van der Waals surface area contributed by atoms with Crippen LogP contribution in [-0.4, -0.2) is 35.6 Å². The number of nitrogens with one attached hydrogen (secondary N) is 2. The summed E-state index contributed by atoms with van der Waals surface area (Å²) in [5.74, 6) is 1.70. The van der Waals surface area contributed by atoms with Gasteiger partial charge in [-0.25, -0.2) is 4.98 Å². The molecule has 0 saturated carbocycles. The van der Waals surface area contributed by atoms with Crippen LogP contribution in [0.2, 0.25) is 10.2 Å². The SMILES string of the molecule is CCN(CC)c1ccc(CNC(=NC)NCc2cc(Cl)c(Cl)n2C)cn1.I. The van der Waals surface area contributed by atoms with E-state index in [-0.39, 0.29) is 24.0 Å². The molecule has 0 unspecified atom stereocenters. The van der Waals surface area contributed by atoms with Crippen molar-refractivity contribution in [1.82, 2.24) is 20.2 Å². The van der Waals surface area contributed by atoms with Crippen molar-refractivity contribution in [3.05, 3.63) is 45.8 Å². The lowest BCUT2D eigenvalue weighted by Gasteiger charge is -2.19. The standard InChI is InChI=1S/C18H26Cl2N6.HI/c1-5-26(6-2)16-8-7-13(10-22-16)11-23-18(21-3)24-12-14-9-15(19)17(20)25(14)4;/h7-10H,5-6,11-12H2,1-4H3,(H2,21,23,24);1H. The molecule has 9 heteroatoms. The van der Waals surface area contributed by atoms with E-state index >= 15 is 0 Å². The van der Waals surface area contributed by atoms with Gasteiger partial charge < -0.3 is 20.1 Å². The van der Waals surface area contributed by atoms with Gasteiger partial charge in [0.25, 0.3) is 0 Å². The average molecular weight is 525 g/mol. The highest BCUT2D eigenvalue weighted by molar-refractivity contribution is 14.0. The summed E-state index contributed by atoms with van der Waals surface area (Å²) in [6.07, 6.45) is 1.89. The number of hydrogen-bond acceptors (Lipinski definition) is 3. The minimum absolute atomic E-state index is 0. The Labute approximate surface area is 188 Å². The summed E-state index contributed by atoms with van der Waals surface area (Å²) in [5, 5.41) is 7.62. The number of pyridine rings is 1. The van der Waals surface area contributed by atoms with Gasteiger partial charge in [0.05, 0.1) is 11.6 Å². The van der Waals surface area contributed by atoms with Crippen molar-refractivity contribution in [2.24, 2.45) is 12.0 Å². The monoisotopic (exact) mass is 524 g/mol. The van der Waals surface area contributed by atoms with Gasteiger partial charge >= 0.3 is 0 Å². The number of anilines is 1. The first-order valence-corrected chi connectivity index (χ1v) is 9.39. The second-order valence-electron chi connectivity index (χ2n) is 5.81. The first kappa shape index (κ1) is 23.8. The van der Waals surface area contributed by atoms with Crippen LogP contribution in [0.4, 0.5) is 5.82 Å². The Morgan fingerprint density at radius 2 is 1.85 bits per heavy atom. The Morgan fingerprint density at radius 3 is 2.33 bits per heavy atom. The van der Waals surface area contributed by atoms with Crippen molar-refractivity contribution >= 4 is 59.0 Å². The van der Waals surface area contributed by atoms with Crippen LogP contribution in [0.25, 0.3) is 0 Å². The van der Waals surface area contributed by atoms with Crippen molar-refractivity contribution in [3.63, 3.8) is 0 Å². The van der Waals surface area contributed by atoms with E-state index in [0.717, 1.165) is 30.2 Å². The van der Waals surface area contributed by atoms with Gasteiger partial charge in [0.2, 0.25) is 0 Å². The molecule has 2 rings (SSSR count). The molecule has 2 aromatic rings. The molecule has 27 heavy (non-hydrogen) atoms. The van der Waals surface area contributed by atoms with Crippen LogP contribution in [0, 0.1) is 0 Å². The van der Waals surface area contributed by atoms with Crippen LogP contribution in [-0.2, 0) is 20.1 Å². The molecule has 0 spiro atoms. The fourth-order valence-corrected chi connectivity index (χ4v) is 3.01. The van der Waals surface area contributed by atoms with E-state index < -0.39 is 0 Å². The van der Waals surface area contributed by atoms with Crippen molar-refractivity contribution in [1.29, 1.82) is 0 Å². The van der Waals surface area contributed by atoms with Gasteiger partial charge in [0.1, 0.15) is 11.0 Å². The lowest BCUT2D eigenvalue weighted by atomic mass is 10.2. The molecular formula is C18H27Cl2IN6. The molecule has 0 amide bonds. The number of rotatable bonds is 7. The molecule has 0 fully saturated rings. The van der Waals surface area contributed by atoms with E-state index in [9.17, 15) is 0 Å². The molecule has 0 aliphatic rings. The number of nitrogens with zero attached hydrogens (tertiary/aromatic N) is 4. The Kier molecular flexibility index (Phi) is 10.3. The Balaban J connectivity index is 0.00000364. The largest absolute Gasteiger partial charge is 0.357 e. The number of aromatic nitrogens is 2. The van der Waals surface area contributed by atoms with Gasteiger partial charge in [-0.2, -0.15) is 0 Å². The lowest BCUT2D eigenvalue weighted by Crippen LogP contribution is -2.36. The third-order valence-electron chi connectivity index (χ3n) is 4.23. The highest BCUT2D eigenvalue weighted by Gasteiger charge is 2.09. The molecule has 0 aromatic carbocycles. The van der Waals surface area contributed by atoms with Crippen LogP contribution in [0.3, 0.4) is 0 Å². The van der Waals surface area contributed by atoms with Crippen molar-refractivity contribution in [3.8, 4) is 0 Å². The fourth-order valence-electron chi connectivity index (χ4n) is 2.60. The topological polar surface area (TPSA) is 57.5 Å². The van der Waals surface area contributed by atoms with Crippen molar-refractivity contribution < 1.29 is 0 Å². The van der Waals surface area contributed by atoms with E-state index in [0.29, 0.717) is 29.2 Å². The lowest BCUT2D eigenvalue weighted by molar-refractivity contribution is 0.749. The summed E-state index contributed by atoms with van der Waals surface area (Å²) in [6, 6.07) is 5.98. The number of hydrogen-bond donors (Lipinski definition) is 2. The van der Waals surface area contributed by atoms with E-state index in [4.69, 9.17) is 23.2 Å². The molecule has 0 radical (unpaired) electrons. The maximum absolute atomic E-state index is 6.09. The van der Waals surface area contributed by atoms with Crippen molar-refractivity contribution in [2.45, 2.75) is 26.9 Å². The summed E-state index contributed by atoms with van der Waals surface area (Å²) in [6.45, 7) is 7.37. The summed E-state index contributed by atoms with van der Waals surface area (Å²) >= 11 is 12.1. The maximum atomic E-state index is 6.09. The van der Waals surface area contributed by atoms with Gasteiger partial charge in [-0.15, -0.1) is 24.0 Å².